The van der Waals surface area contributed by atoms with Gasteiger partial charge in [0.1, 0.15) is 0 Å². The molecule has 4 rings (SSSR count). The molecule has 0 fully saturated rings. The van der Waals surface area contributed by atoms with Crippen molar-refractivity contribution in [3.8, 4) is 11.3 Å². The lowest BCUT2D eigenvalue weighted by Gasteiger charge is -2.29. The summed E-state index contributed by atoms with van der Waals surface area (Å²) in [6.45, 7) is 7.87. The molecule has 0 N–H and O–H groups in total. The van der Waals surface area contributed by atoms with E-state index in [0.29, 0.717) is 17.8 Å². The molecule has 3 aromatic rings. The van der Waals surface area contributed by atoms with E-state index in [1.165, 1.54) is 40.9 Å². The molecule has 1 heterocycles. The maximum atomic E-state index is 5.19. The fraction of sp³-hybridized carbons (Fsp3) is 0.375. The molecule has 0 saturated heterocycles. The molecule has 0 amide bonds. The second-order valence-corrected chi connectivity index (χ2v) is 7.99. The second kappa shape index (κ2) is 7.11. The van der Waals surface area contributed by atoms with Gasteiger partial charge in [0.2, 0.25) is 0 Å². The van der Waals surface area contributed by atoms with Crippen LogP contribution in [0, 0.1) is 5.92 Å². The first-order chi connectivity index (χ1) is 12.6. The van der Waals surface area contributed by atoms with Crippen LogP contribution in [0.3, 0.4) is 0 Å². The van der Waals surface area contributed by atoms with E-state index in [4.69, 9.17) is 5.10 Å². The quantitative estimate of drug-likeness (QED) is 0.548. The molecule has 2 aromatic carbocycles. The van der Waals surface area contributed by atoms with Crippen molar-refractivity contribution in [2.24, 2.45) is 5.92 Å². The van der Waals surface area contributed by atoms with Crippen LogP contribution in [0.4, 0.5) is 0 Å². The molecular weight excluding hydrogens is 316 g/mol. The van der Waals surface area contributed by atoms with E-state index in [9.17, 15) is 0 Å². The van der Waals surface area contributed by atoms with Crippen LogP contribution >= 0.6 is 0 Å². The zero-order chi connectivity index (χ0) is 18.1. The number of fused-ring (bicyclic) bond motifs is 1. The Bertz CT molecular complexity index is 862. The third kappa shape index (κ3) is 3.09. The molecule has 0 radical (unpaired) electrons. The minimum Gasteiger partial charge on any atom is -0.260 e. The first kappa shape index (κ1) is 17.1. The van der Waals surface area contributed by atoms with E-state index in [1.807, 2.05) is 0 Å². The Morgan fingerprint density at radius 1 is 0.962 bits per heavy atom. The van der Waals surface area contributed by atoms with Crippen LogP contribution in [0.25, 0.3) is 11.3 Å². The first-order valence-electron chi connectivity index (χ1n) is 9.85. The van der Waals surface area contributed by atoms with Gasteiger partial charge in [-0.05, 0) is 30.2 Å². The molecule has 2 nitrogen and oxygen atoms in total. The molecule has 2 atom stereocenters. The molecule has 0 spiro atoms. The summed E-state index contributed by atoms with van der Waals surface area (Å²) in [5.74, 6) is 1.77. The predicted molar refractivity (Wildman–Crippen MR) is 108 cm³/mol. The molecular formula is C24H28N2. The number of benzene rings is 2. The van der Waals surface area contributed by atoms with Gasteiger partial charge in [0.25, 0.3) is 0 Å². The summed E-state index contributed by atoms with van der Waals surface area (Å²) < 4.78 is 2.26. The van der Waals surface area contributed by atoms with Gasteiger partial charge in [-0.1, -0.05) is 81.4 Å². The highest BCUT2D eigenvalue weighted by atomic mass is 15.3. The highest BCUT2D eigenvalue weighted by molar-refractivity contribution is 5.66. The molecule has 0 unspecified atom stereocenters. The lowest BCUT2D eigenvalue weighted by atomic mass is 9.75. The topological polar surface area (TPSA) is 17.8 Å². The normalized spacial score (nSPS) is 19.5. The monoisotopic (exact) mass is 344 g/mol. The minimum absolute atomic E-state index is 0.569. The van der Waals surface area contributed by atoms with E-state index < -0.39 is 0 Å². The molecule has 0 bridgehead atoms. The zero-order valence-electron chi connectivity index (χ0n) is 16.0. The van der Waals surface area contributed by atoms with Crippen molar-refractivity contribution in [1.82, 2.24) is 9.78 Å². The Labute approximate surface area is 156 Å². The standard InChI is InChI=1S/C24H28N2/c1-17(2)21-15-14-18(3)22-23(21)25-26(16-19-10-6-4-7-11-19)24(22)20-12-8-5-9-13-20/h4-13,17-18,21H,14-16H2,1-3H3/t18-,21+/m1/s1. The summed E-state index contributed by atoms with van der Waals surface area (Å²) in [5.41, 5.74) is 6.74. The Morgan fingerprint density at radius 2 is 1.62 bits per heavy atom. The summed E-state index contributed by atoms with van der Waals surface area (Å²) in [6, 6.07) is 21.5. The van der Waals surface area contributed by atoms with Crippen LogP contribution < -0.4 is 0 Å². The van der Waals surface area contributed by atoms with E-state index >= 15 is 0 Å². The summed E-state index contributed by atoms with van der Waals surface area (Å²) in [4.78, 5) is 0. The first-order valence-corrected chi connectivity index (χ1v) is 9.85. The van der Waals surface area contributed by atoms with Gasteiger partial charge in [0.15, 0.2) is 0 Å². The molecule has 1 aliphatic rings. The Kier molecular flexibility index (Phi) is 4.67. The number of hydrogen-bond donors (Lipinski definition) is 0. The highest BCUT2D eigenvalue weighted by Gasteiger charge is 2.33. The van der Waals surface area contributed by atoms with Gasteiger partial charge in [-0.2, -0.15) is 5.10 Å². The second-order valence-electron chi connectivity index (χ2n) is 7.99. The van der Waals surface area contributed by atoms with Crippen LogP contribution in [0.2, 0.25) is 0 Å². The highest BCUT2D eigenvalue weighted by Crippen LogP contribution is 2.46. The lowest BCUT2D eigenvalue weighted by Crippen LogP contribution is -2.16. The Hall–Kier alpha value is -2.35. The van der Waals surface area contributed by atoms with Crippen molar-refractivity contribution in [1.29, 1.82) is 0 Å². The Balaban J connectivity index is 1.89. The SMILES string of the molecule is CC(C)[C@@H]1CC[C@@H](C)c2c1nn(Cc1ccccc1)c2-c1ccccc1. The smallest absolute Gasteiger partial charge is 0.0724 e. The molecule has 1 aliphatic carbocycles. The van der Waals surface area contributed by atoms with E-state index in [1.54, 1.807) is 0 Å². The van der Waals surface area contributed by atoms with Gasteiger partial charge in [-0.3, -0.25) is 4.68 Å². The number of aromatic nitrogens is 2. The van der Waals surface area contributed by atoms with Crippen LogP contribution in [0.15, 0.2) is 60.7 Å². The van der Waals surface area contributed by atoms with Gasteiger partial charge < -0.3 is 0 Å². The van der Waals surface area contributed by atoms with Crippen molar-refractivity contribution in [2.75, 3.05) is 0 Å². The summed E-state index contributed by atoms with van der Waals surface area (Å²) >= 11 is 0. The minimum atomic E-state index is 0.569. The third-order valence-corrected chi connectivity index (χ3v) is 5.80. The van der Waals surface area contributed by atoms with Crippen LogP contribution in [0.1, 0.15) is 62.3 Å². The molecule has 134 valence electrons. The lowest BCUT2D eigenvalue weighted by molar-refractivity contribution is 0.401. The fourth-order valence-electron chi connectivity index (χ4n) is 4.39. The number of hydrogen-bond acceptors (Lipinski definition) is 1. The van der Waals surface area contributed by atoms with Crippen molar-refractivity contribution < 1.29 is 0 Å². The van der Waals surface area contributed by atoms with Crippen LogP contribution in [-0.4, -0.2) is 9.78 Å². The van der Waals surface area contributed by atoms with Crippen LogP contribution in [0.5, 0.6) is 0 Å². The van der Waals surface area contributed by atoms with Crippen molar-refractivity contribution in [3.63, 3.8) is 0 Å². The third-order valence-electron chi connectivity index (χ3n) is 5.80. The maximum Gasteiger partial charge on any atom is 0.0724 e. The number of rotatable bonds is 4. The molecule has 1 aromatic heterocycles. The van der Waals surface area contributed by atoms with Crippen molar-refractivity contribution in [2.45, 2.75) is 52.0 Å². The number of nitrogens with zero attached hydrogens (tertiary/aromatic N) is 2. The largest absolute Gasteiger partial charge is 0.260 e. The van der Waals surface area contributed by atoms with Crippen LogP contribution in [-0.2, 0) is 6.54 Å². The zero-order valence-corrected chi connectivity index (χ0v) is 16.0. The average Bonchev–Trinajstić information content (AvgIpc) is 3.03. The molecule has 0 saturated carbocycles. The summed E-state index contributed by atoms with van der Waals surface area (Å²) in [6.07, 6.45) is 2.51. The maximum absolute atomic E-state index is 5.19. The summed E-state index contributed by atoms with van der Waals surface area (Å²) in [7, 11) is 0. The predicted octanol–water partition coefficient (Wildman–Crippen LogP) is 6.24. The van der Waals surface area contributed by atoms with E-state index in [0.717, 1.165) is 6.54 Å². The van der Waals surface area contributed by atoms with E-state index in [-0.39, 0.29) is 0 Å². The van der Waals surface area contributed by atoms with Gasteiger partial charge in [-0.25, -0.2) is 0 Å². The van der Waals surface area contributed by atoms with Gasteiger partial charge >= 0.3 is 0 Å². The fourth-order valence-corrected chi connectivity index (χ4v) is 4.39. The summed E-state index contributed by atoms with van der Waals surface area (Å²) in [5, 5.41) is 5.19. The van der Waals surface area contributed by atoms with E-state index in [2.05, 4.69) is 86.1 Å². The average molecular weight is 345 g/mol. The van der Waals surface area contributed by atoms with Gasteiger partial charge in [-0.15, -0.1) is 0 Å². The van der Waals surface area contributed by atoms with Gasteiger partial charge in [0, 0.05) is 17.0 Å². The van der Waals surface area contributed by atoms with Crippen molar-refractivity contribution in [3.05, 3.63) is 77.5 Å². The molecule has 0 aliphatic heterocycles. The van der Waals surface area contributed by atoms with Crippen molar-refractivity contribution >= 4 is 0 Å². The van der Waals surface area contributed by atoms with Gasteiger partial charge in [0.05, 0.1) is 17.9 Å². The molecule has 26 heavy (non-hydrogen) atoms. The molecule has 2 heteroatoms. The Morgan fingerprint density at radius 3 is 2.27 bits per heavy atom.